The number of hydrogen-bond donors (Lipinski definition) is 0. The Kier molecular flexibility index (Phi) is 5.03. The lowest BCUT2D eigenvalue weighted by atomic mass is 10.2. The molecule has 0 bridgehead atoms. The highest BCUT2D eigenvalue weighted by atomic mass is 127. The van der Waals surface area contributed by atoms with Crippen molar-refractivity contribution in [2.75, 3.05) is 6.26 Å². The third-order valence-electron chi connectivity index (χ3n) is 1.48. The van der Waals surface area contributed by atoms with Crippen LogP contribution in [0.4, 0.5) is 4.39 Å². The van der Waals surface area contributed by atoms with Crippen LogP contribution in [0.1, 0.15) is 5.56 Å². The van der Waals surface area contributed by atoms with Gasteiger partial charge in [-0.15, -0.1) is 11.8 Å². The van der Waals surface area contributed by atoms with Crippen LogP contribution in [0.15, 0.2) is 25.9 Å². The predicted molar refractivity (Wildman–Crippen MR) is 74.9 cm³/mol. The zero-order chi connectivity index (χ0) is 9.84. The molecule has 0 N–H and O–H groups in total. The molecule has 1 rings (SSSR count). The minimum absolute atomic E-state index is 0.187. The van der Waals surface area contributed by atoms with Gasteiger partial charge in [0.2, 0.25) is 0 Å². The molecule has 4 heteroatoms. The third-order valence-corrected chi connectivity index (χ3v) is 4.14. The quantitative estimate of drug-likeness (QED) is 0.627. The Bertz CT molecular complexity index is 315. The number of benzene rings is 1. The third kappa shape index (κ3) is 3.39. The molecule has 0 nitrogen and oxygen atoms in total. The Hall–Kier alpha value is 0.700. The average molecular weight is 420 g/mol. The molecule has 1 aromatic carbocycles. The van der Waals surface area contributed by atoms with Crippen molar-refractivity contribution in [3.05, 3.63) is 37.2 Å². The Morgan fingerprint density at radius 3 is 2.15 bits per heavy atom. The first kappa shape index (κ1) is 11.8. The predicted octanol–water partition coefficient (Wildman–Crippen LogP) is 4.68. The van der Waals surface area contributed by atoms with Gasteiger partial charge in [-0.2, -0.15) is 0 Å². The van der Waals surface area contributed by atoms with Gasteiger partial charge >= 0.3 is 0 Å². The normalized spacial score (nSPS) is 9.85. The fourth-order valence-corrected chi connectivity index (χ4v) is 3.38. The lowest BCUT2D eigenvalue weighted by Crippen LogP contribution is -1.80. The van der Waals surface area contributed by atoms with Gasteiger partial charge in [0.25, 0.3) is 0 Å². The first-order valence-electron chi connectivity index (χ1n) is 3.50. The van der Waals surface area contributed by atoms with Gasteiger partial charge < -0.3 is 0 Å². The van der Waals surface area contributed by atoms with E-state index < -0.39 is 0 Å². The highest BCUT2D eigenvalue weighted by molar-refractivity contribution is 14.2. The smallest absolute Gasteiger partial charge is 0.123 e. The average Bonchev–Trinajstić information content (AvgIpc) is 2.09. The number of thioether (sulfide) groups is 1. The standard InChI is InChI=1S/C9H7FI2S/c1-13-8(9(11)12)6-2-4-7(10)5-3-6/h2-5H,1H3. The van der Waals surface area contributed by atoms with Crippen molar-refractivity contribution in [3.8, 4) is 0 Å². The Balaban J connectivity index is 3.07. The van der Waals surface area contributed by atoms with Gasteiger partial charge in [0, 0.05) is 4.91 Å². The monoisotopic (exact) mass is 420 g/mol. The summed E-state index contributed by atoms with van der Waals surface area (Å²) in [5, 5.41) is 0. The number of halogens is 3. The Labute approximate surface area is 109 Å². The van der Waals surface area contributed by atoms with Crippen molar-refractivity contribution in [2.45, 2.75) is 0 Å². The molecule has 0 heterocycles. The molecule has 0 aliphatic carbocycles. The molecule has 0 atom stereocenters. The number of hydrogen-bond acceptors (Lipinski definition) is 1. The molecule has 0 fully saturated rings. The van der Waals surface area contributed by atoms with Crippen LogP contribution in [-0.2, 0) is 0 Å². The van der Waals surface area contributed by atoms with E-state index in [9.17, 15) is 4.39 Å². The topological polar surface area (TPSA) is 0 Å². The largest absolute Gasteiger partial charge is 0.207 e. The van der Waals surface area contributed by atoms with Crippen molar-refractivity contribution in [1.82, 2.24) is 0 Å². The molecular formula is C9H7FI2S. The first-order valence-corrected chi connectivity index (χ1v) is 6.88. The van der Waals surface area contributed by atoms with Crippen molar-refractivity contribution in [1.29, 1.82) is 0 Å². The second-order valence-corrected chi connectivity index (χ2v) is 7.34. The molecule has 0 saturated carbocycles. The second kappa shape index (κ2) is 5.55. The Morgan fingerprint density at radius 1 is 1.23 bits per heavy atom. The summed E-state index contributed by atoms with van der Waals surface area (Å²) in [7, 11) is 0. The molecule has 0 aliphatic rings. The van der Waals surface area contributed by atoms with Crippen LogP contribution in [0.25, 0.3) is 4.91 Å². The maximum absolute atomic E-state index is 12.6. The summed E-state index contributed by atoms with van der Waals surface area (Å²) in [6.45, 7) is 0. The summed E-state index contributed by atoms with van der Waals surface area (Å²) in [5.41, 5.74) is 1.08. The van der Waals surface area contributed by atoms with Gasteiger partial charge in [-0.05, 0) is 69.1 Å². The summed E-state index contributed by atoms with van der Waals surface area (Å²) < 4.78 is 13.8. The molecule has 0 spiro atoms. The summed E-state index contributed by atoms with van der Waals surface area (Å²) in [4.78, 5) is 1.20. The fourth-order valence-electron chi connectivity index (χ4n) is 0.905. The summed E-state index contributed by atoms with van der Waals surface area (Å²) >= 11 is 6.22. The molecule has 1 aromatic rings. The van der Waals surface area contributed by atoms with Crippen molar-refractivity contribution >= 4 is 61.8 Å². The summed E-state index contributed by atoms with van der Waals surface area (Å²) in [6.07, 6.45) is 2.02. The van der Waals surface area contributed by atoms with Gasteiger partial charge in [0.1, 0.15) is 5.82 Å². The van der Waals surface area contributed by atoms with Crippen LogP contribution >= 0.6 is 56.9 Å². The first-order chi connectivity index (χ1) is 6.15. The van der Waals surface area contributed by atoms with Gasteiger partial charge in [-0.3, -0.25) is 0 Å². The van der Waals surface area contributed by atoms with Crippen LogP contribution in [0.5, 0.6) is 0 Å². The van der Waals surface area contributed by atoms with E-state index >= 15 is 0 Å². The number of rotatable bonds is 2. The van der Waals surface area contributed by atoms with E-state index in [0.717, 1.165) is 5.56 Å². The highest BCUT2D eigenvalue weighted by Gasteiger charge is 2.03. The lowest BCUT2D eigenvalue weighted by Gasteiger charge is -2.04. The van der Waals surface area contributed by atoms with Gasteiger partial charge in [-0.1, -0.05) is 12.1 Å². The zero-order valence-corrected chi connectivity index (χ0v) is 12.0. The molecule has 13 heavy (non-hydrogen) atoms. The Morgan fingerprint density at radius 2 is 1.77 bits per heavy atom. The van der Waals surface area contributed by atoms with Crippen molar-refractivity contribution < 1.29 is 4.39 Å². The molecule has 70 valence electrons. The lowest BCUT2D eigenvalue weighted by molar-refractivity contribution is 0.628. The van der Waals surface area contributed by atoms with E-state index in [4.69, 9.17) is 0 Å². The van der Waals surface area contributed by atoms with Crippen LogP contribution < -0.4 is 0 Å². The van der Waals surface area contributed by atoms with E-state index in [0.29, 0.717) is 0 Å². The fraction of sp³-hybridized carbons (Fsp3) is 0.111. The zero-order valence-electron chi connectivity index (χ0n) is 6.85. The van der Waals surface area contributed by atoms with Crippen molar-refractivity contribution in [2.24, 2.45) is 0 Å². The van der Waals surface area contributed by atoms with E-state index in [1.54, 1.807) is 23.9 Å². The van der Waals surface area contributed by atoms with E-state index in [2.05, 4.69) is 45.2 Å². The molecule has 0 unspecified atom stereocenters. The molecule has 0 amide bonds. The van der Waals surface area contributed by atoms with E-state index in [-0.39, 0.29) is 5.82 Å². The minimum atomic E-state index is -0.187. The molecule has 0 aliphatic heterocycles. The van der Waals surface area contributed by atoms with E-state index in [1.165, 1.54) is 18.6 Å². The highest BCUT2D eigenvalue weighted by Crippen LogP contribution is 2.35. The van der Waals surface area contributed by atoms with Crippen LogP contribution in [0.3, 0.4) is 0 Å². The maximum Gasteiger partial charge on any atom is 0.123 e. The SMILES string of the molecule is CSC(=C(I)I)c1ccc(F)cc1. The molecule has 0 radical (unpaired) electrons. The van der Waals surface area contributed by atoms with Gasteiger partial charge in [-0.25, -0.2) is 4.39 Å². The molecular weight excluding hydrogens is 413 g/mol. The maximum atomic E-state index is 12.6. The minimum Gasteiger partial charge on any atom is -0.207 e. The molecule has 0 saturated heterocycles. The summed E-state index contributed by atoms with van der Waals surface area (Å²) in [6, 6.07) is 6.58. The van der Waals surface area contributed by atoms with Gasteiger partial charge in [0.15, 0.2) is 0 Å². The van der Waals surface area contributed by atoms with Gasteiger partial charge in [0.05, 0.1) is 1.59 Å². The molecule has 0 aromatic heterocycles. The van der Waals surface area contributed by atoms with Crippen LogP contribution in [0, 0.1) is 5.82 Å². The van der Waals surface area contributed by atoms with Crippen LogP contribution in [0.2, 0.25) is 0 Å². The van der Waals surface area contributed by atoms with E-state index in [1.807, 2.05) is 6.26 Å². The summed E-state index contributed by atoms with van der Waals surface area (Å²) in [5.74, 6) is -0.187. The van der Waals surface area contributed by atoms with Crippen molar-refractivity contribution in [3.63, 3.8) is 0 Å². The van der Waals surface area contributed by atoms with Crippen LogP contribution in [-0.4, -0.2) is 6.26 Å². The second-order valence-electron chi connectivity index (χ2n) is 2.30.